The van der Waals surface area contributed by atoms with Crippen molar-refractivity contribution in [2.24, 2.45) is 17.8 Å². The summed E-state index contributed by atoms with van der Waals surface area (Å²) in [5, 5.41) is 12.9. The summed E-state index contributed by atoms with van der Waals surface area (Å²) in [5.74, 6) is 3.64. The number of fused-ring (bicyclic) bond motifs is 2. The predicted octanol–water partition coefficient (Wildman–Crippen LogP) is 2.68. The van der Waals surface area contributed by atoms with E-state index in [1.165, 1.54) is 25.7 Å². The topological polar surface area (TPSA) is 62.7 Å². The van der Waals surface area contributed by atoms with Crippen LogP contribution in [-0.2, 0) is 6.42 Å². The average molecular weight is 231 g/mol. The molecule has 3 rings (SSSR count). The maximum Gasteiger partial charge on any atom is 0.227 e. The van der Waals surface area contributed by atoms with Gasteiger partial charge in [0.25, 0.3) is 0 Å². The summed E-state index contributed by atoms with van der Waals surface area (Å²) in [4.78, 5) is 4.47. The van der Waals surface area contributed by atoms with E-state index in [-0.39, 0.29) is 5.92 Å². The Labute approximate surface area is 101 Å². The van der Waals surface area contributed by atoms with Crippen LogP contribution in [0.1, 0.15) is 50.2 Å². The molecule has 0 radical (unpaired) electrons. The highest BCUT2D eigenvalue weighted by Crippen LogP contribution is 2.52. The molecular weight excluding hydrogens is 214 g/mol. The second-order valence-corrected chi connectivity index (χ2v) is 5.56. The highest BCUT2D eigenvalue weighted by Gasteiger charge is 2.42. The maximum atomic E-state index is 8.76. The Morgan fingerprint density at radius 3 is 3.00 bits per heavy atom. The zero-order chi connectivity index (χ0) is 11.8. The van der Waals surface area contributed by atoms with E-state index in [4.69, 9.17) is 9.78 Å². The van der Waals surface area contributed by atoms with Crippen LogP contribution in [-0.4, -0.2) is 10.1 Å². The van der Waals surface area contributed by atoms with Crippen molar-refractivity contribution in [3.8, 4) is 6.07 Å². The third-order valence-electron chi connectivity index (χ3n) is 4.25. The van der Waals surface area contributed by atoms with Gasteiger partial charge in [-0.15, -0.1) is 0 Å². The fourth-order valence-corrected chi connectivity index (χ4v) is 3.37. The van der Waals surface area contributed by atoms with E-state index in [0.29, 0.717) is 18.2 Å². The van der Waals surface area contributed by atoms with Gasteiger partial charge in [0.2, 0.25) is 5.89 Å². The van der Waals surface area contributed by atoms with Crippen molar-refractivity contribution in [2.75, 3.05) is 0 Å². The third kappa shape index (κ3) is 1.95. The molecule has 0 spiro atoms. The second-order valence-electron chi connectivity index (χ2n) is 5.56. The van der Waals surface area contributed by atoms with Gasteiger partial charge in [0.1, 0.15) is 0 Å². The largest absolute Gasteiger partial charge is 0.339 e. The van der Waals surface area contributed by atoms with Gasteiger partial charge in [0, 0.05) is 12.3 Å². The van der Waals surface area contributed by atoms with E-state index < -0.39 is 0 Å². The minimum Gasteiger partial charge on any atom is -0.339 e. The molecule has 4 atom stereocenters. The lowest BCUT2D eigenvalue weighted by atomic mass is 9.88. The smallest absolute Gasteiger partial charge is 0.227 e. The fraction of sp³-hybridized carbons (Fsp3) is 0.769. The summed E-state index contributed by atoms with van der Waals surface area (Å²) >= 11 is 0. The lowest BCUT2D eigenvalue weighted by Gasteiger charge is -2.17. The van der Waals surface area contributed by atoms with Crippen molar-refractivity contribution in [3.05, 3.63) is 11.7 Å². The molecule has 1 aromatic rings. The molecule has 1 aromatic heterocycles. The Hall–Kier alpha value is -1.37. The molecule has 0 aliphatic heterocycles. The van der Waals surface area contributed by atoms with Gasteiger partial charge < -0.3 is 4.52 Å². The quantitative estimate of drug-likeness (QED) is 0.802. The van der Waals surface area contributed by atoms with Crippen LogP contribution in [0.15, 0.2) is 4.52 Å². The van der Waals surface area contributed by atoms with Gasteiger partial charge in [-0.05, 0) is 38.0 Å². The van der Waals surface area contributed by atoms with Crippen LogP contribution in [0.25, 0.3) is 0 Å². The number of rotatable bonds is 3. The Balaban J connectivity index is 1.71. The first-order valence-corrected chi connectivity index (χ1v) is 6.48. The number of aromatic nitrogens is 2. The van der Waals surface area contributed by atoms with Gasteiger partial charge >= 0.3 is 0 Å². The van der Waals surface area contributed by atoms with Crippen molar-refractivity contribution in [1.82, 2.24) is 10.1 Å². The minimum absolute atomic E-state index is 0.0525. The van der Waals surface area contributed by atoms with Gasteiger partial charge in [-0.1, -0.05) is 11.6 Å². The van der Waals surface area contributed by atoms with E-state index in [9.17, 15) is 0 Å². The molecule has 4 nitrogen and oxygen atoms in total. The maximum absolute atomic E-state index is 8.76. The Kier molecular flexibility index (Phi) is 2.62. The Bertz CT molecular complexity index is 448. The summed E-state index contributed by atoms with van der Waals surface area (Å²) in [7, 11) is 0. The van der Waals surface area contributed by atoms with Gasteiger partial charge in [-0.25, -0.2) is 0 Å². The van der Waals surface area contributed by atoms with Crippen LogP contribution in [0.5, 0.6) is 0 Å². The van der Waals surface area contributed by atoms with Crippen molar-refractivity contribution in [2.45, 2.75) is 44.9 Å². The molecule has 0 saturated heterocycles. The lowest BCUT2D eigenvalue weighted by molar-refractivity contribution is 0.346. The summed E-state index contributed by atoms with van der Waals surface area (Å²) in [6, 6.07) is 2.19. The van der Waals surface area contributed by atoms with Crippen molar-refractivity contribution >= 4 is 0 Å². The predicted molar refractivity (Wildman–Crippen MR) is 61.0 cm³/mol. The average Bonchev–Trinajstić information content (AvgIpc) is 3.03. The Morgan fingerprint density at radius 1 is 1.47 bits per heavy atom. The first kappa shape index (κ1) is 10.8. The van der Waals surface area contributed by atoms with E-state index >= 15 is 0 Å². The molecule has 17 heavy (non-hydrogen) atoms. The highest BCUT2D eigenvalue weighted by molar-refractivity contribution is 5.06. The first-order chi connectivity index (χ1) is 8.26. The van der Waals surface area contributed by atoms with E-state index in [0.717, 1.165) is 17.7 Å². The van der Waals surface area contributed by atoms with Gasteiger partial charge in [-0.2, -0.15) is 10.2 Å². The van der Waals surface area contributed by atoms with Crippen LogP contribution in [0, 0.1) is 29.1 Å². The van der Waals surface area contributed by atoms with Crippen LogP contribution in [0.2, 0.25) is 0 Å². The molecule has 90 valence electrons. The second kappa shape index (κ2) is 4.14. The number of nitrogens with zero attached hydrogens (tertiary/aromatic N) is 3. The zero-order valence-corrected chi connectivity index (χ0v) is 10.1. The number of nitriles is 1. The minimum atomic E-state index is -0.0525. The molecule has 1 heterocycles. The molecule has 2 aliphatic rings. The molecule has 0 aromatic carbocycles. The van der Waals surface area contributed by atoms with Crippen molar-refractivity contribution in [3.63, 3.8) is 0 Å². The summed E-state index contributed by atoms with van der Waals surface area (Å²) in [6.45, 7) is 1.88. The lowest BCUT2D eigenvalue weighted by Crippen LogP contribution is -2.10. The van der Waals surface area contributed by atoms with Crippen LogP contribution >= 0.6 is 0 Å². The monoisotopic (exact) mass is 231 g/mol. The number of hydrogen-bond donors (Lipinski definition) is 0. The summed E-state index contributed by atoms with van der Waals surface area (Å²) in [5.41, 5.74) is 0. The van der Waals surface area contributed by atoms with Crippen molar-refractivity contribution in [1.29, 1.82) is 5.26 Å². The van der Waals surface area contributed by atoms with Crippen LogP contribution in [0.3, 0.4) is 0 Å². The van der Waals surface area contributed by atoms with Crippen molar-refractivity contribution < 1.29 is 4.52 Å². The van der Waals surface area contributed by atoms with E-state index in [1.54, 1.807) is 0 Å². The normalized spacial score (nSPS) is 32.6. The van der Waals surface area contributed by atoms with Gasteiger partial charge in [-0.3, -0.25) is 0 Å². The highest BCUT2D eigenvalue weighted by atomic mass is 16.5. The molecule has 0 amide bonds. The van der Waals surface area contributed by atoms with E-state index in [1.807, 2.05) is 6.92 Å². The molecule has 4 unspecified atom stereocenters. The van der Waals surface area contributed by atoms with Crippen LogP contribution < -0.4 is 0 Å². The van der Waals surface area contributed by atoms with Crippen LogP contribution in [0.4, 0.5) is 0 Å². The summed E-state index contributed by atoms with van der Waals surface area (Å²) in [6.07, 6.45) is 5.87. The van der Waals surface area contributed by atoms with Gasteiger partial charge in [0.05, 0.1) is 12.0 Å². The zero-order valence-electron chi connectivity index (χ0n) is 10.1. The SMILES string of the molecule is CC(C#N)Cc1nc(C2CC3CCC2C3)no1. The first-order valence-electron chi connectivity index (χ1n) is 6.48. The molecule has 4 heteroatoms. The molecule has 2 aliphatic carbocycles. The van der Waals surface area contributed by atoms with Gasteiger partial charge in [0.15, 0.2) is 5.82 Å². The molecular formula is C13H17N3O. The molecule has 2 fully saturated rings. The van der Waals surface area contributed by atoms with E-state index in [2.05, 4.69) is 16.2 Å². The molecule has 0 N–H and O–H groups in total. The number of hydrogen-bond acceptors (Lipinski definition) is 4. The fourth-order valence-electron chi connectivity index (χ4n) is 3.37. The Morgan fingerprint density at radius 2 is 2.35 bits per heavy atom. The third-order valence-corrected chi connectivity index (χ3v) is 4.25. The summed E-state index contributed by atoms with van der Waals surface area (Å²) < 4.78 is 5.24. The standard InChI is InChI=1S/C13H17N3O/c1-8(7-14)4-12-15-13(16-17-12)11-6-9-2-3-10(11)5-9/h8-11H,2-6H2,1H3. The molecule has 2 bridgehead atoms. The molecule has 2 saturated carbocycles.